The molecule has 1 aromatic heterocycles. The molecule has 206 valence electrons. The van der Waals surface area contributed by atoms with Gasteiger partial charge in [-0.15, -0.1) is 0 Å². The van der Waals surface area contributed by atoms with Gasteiger partial charge >= 0.3 is 6.09 Å². The molecular weight excluding hydrogens is 528 g/mol. The topological polar surface area (TPSA) is 96.6 Å². The van der Waals surface area contributed by atoms with E-state index in [2.05, 4.69) is 35.4 Å². The number of halogens is 1. The third-order valence-electron chi connectivity index (χ3n) is 8.95. The Morgan fingerprint density at radius 2 is 2.00 bits per heavy atom. The van der Waals surface area contributed by atoms with Crippen molar-refractivity contribution in [3.05, 3.63) is 58.9 Å². The van der Waals surface area contributed by atoms with Crippen LogP contribution in [0.5, 0.6) is 5.75 Å². The summed E-state index contributed by atoms with van der Waals surface area (Å²) in [5, 5.41) is 5.51. The Balaban J connectivity index is 1.27. The molecule has 3 heterocycles. The Kier molecular flexibility index (Phi) is 5.75. The number of aromatic amines is 1. The number of nitrogens with zero attached hydrogens (tertiary/aromatic N) is 2. The zero-order valence-electron chi connectivity index (χ0n) is 22.8. The lowest BCUT2D eigenvalue weighted by Crippen LogP contribution is -2.52. The molecule has 8 nitrogen and oxygen atoms in total. The quantitative estimate of drug-likeness (QED) is 0.310. The molecule has 9 heteroatoms. The molecule has 1 unspecified atom stereocenters. The smallest absolute Gasteiger partial charge is 0.407 e. The highest BCUT2D eigenvalue weighted by molar-refractivity contribution is 6.30. The fraction of sp³-hybridized carbons (Fsp3) is 0.387. The van der Waals surface area contributed by atoms with E-state index in [4.69, 9.17) is 26.1 Å². The third kappa shape index (κ3) is 3.84. The van der Waals surface area contributed by atoms with Crippen LogP contribution in [0.25, 0.3) is 32.9 Å². The molecule has 40 heavy (non-hydrogen) atoms. The van der Waals surface area contributed by atoms with Crippen LogP contribution < -0.4 is 10.1 Å². The maximum absolute atomic E-state index is 13.9. The number of fused-ring (bicyclic) bond motifs is 7. The van der Waals surface area contributed by atoms with Crippen LogP contribution >= 0.6 is 11.6 Å². The minimum Gasteiger partial charge on any atom is -0.488 e. The van der Waals surface area contributed by atoms with Gasteiger partial charge in [-0.2, -0.15) is 0 Å². The van der Waals surface area contributed by atoms with Gasteiger partial charge in [0, 0.05) is 22.0 Å². The van der Waals surface area contributed by atoms with E-state index in [-0.39, 0.29) is 23.9 Å². The van der Waals surface area contributed by atoms with Crippen LogP contribution in [0.4, 0.5) is 4.79 Å². The molecule has 4 aromatic rings. The largest absolute Gasteiger partial charge is 0.488 e. The van der Waals surface area contributed by atoms with Crippen LogP contribution in [-0.2, 0) is 16.1 Å². The number of hydrogen-bond acceptors (Lipinski definition) is 5. The zero-order chi connectivity index (χ0) is 27.9. The summed E-state index contributed by atoms with van der Waals surface area (Å²) in [6.07, 6.45) is 0.241. The fourth-order valence-electron chi connectivity index (χ4n) is 6.75. The number of piperidine rings is 1. The number of carbonyl (C=O) groups is 2. The van der Waals surface area contributed by atoms with Crippen molar-refractivity contribution in [3.8, 4) is 16.9 Å². The molecule has 5 atom stereocenters. The molecule has 2 amide bonds. The number of aromatic nitrogens is 2. The van der Waals surface area contributed by atoms with Gasteiger partial charge in [0.1, 0.15) is 24.2 Å². The van der Waals surface area contributed by atoms with Crippen LogP contribution in [0.15, 0.2) is 42.5 Å². The van der Waals surface area contributed by atoms with E-state index in [1.54, 1.807) is 0 Å². The van der Waals surface area contributed by atoms with Crippen molar-refractivity contribution >= 4 is 45.4 Å². The molecule has 3 aromatic carbocycles. The number of hydrogen-bond donors (Lipinski definition) is 2. The summed E-state index contributed by atoms with van der Waals surface area (Å²) >= 11 is 6.22. The molecule has 1 saturated carbocycles. The highest BCUT2D eigenvalue weighted by Crippen LogP contribution is 2.57. The van der Waals surface area contributed by atoms with Gasteiger partial charge in [0.15, 0.2) is 0 Å². The number of benzene rings is 3. The van der Waals surface area contributed by atoms with Gasteiger partial charge in [-0.25, -0.2) is 9.78 Å². The number of likely N-dealkylation sites (tertiary alicyclic amines) is 1. The first-order valence-electron chi connectivity index (χ1n) is 13.8. The van der Waals surface area contributed by atoms with E-state index >= 15 is 0 Å². The molecule has 2 aliphatic heterocycles. The van der Waals surface area contributed by atoms with E-state index in [0.717, 1.165) is 56.5 Å². The second kappa shape index (κ2) is 9.13. The minimum atomic E-state index is -0.673. The van der Waals surface area contributed by atoms with E-state index in [9.17, 15) is 9.59 Å². The molecule has 1 saturated heterocycles. The van der Waals surface area contributed by atoms with Gasteiger partial charge in [-0.3, -0.25) is 4.79 Å². The number of ether oxygens (including phenoxy) is 2. The number of carbonyl (C=O) groups excluding carboxylic acids is 2. The highest BCUT2D eigenvalue weighted by Gasteiger charge is 2.61. The van der Waals surface area contributed by atoms with Gasteiger partial charge in [-0.1, -0.05) is 44.5 Å². The van der Waals surface area contributed by atoms with Gasteiger partial charge in [0.25, 0.3) is 0 Å². The number of amides is 2. The molecule has 2 N–H and O–H groups in total. The molecule has 1 aliphatic carbocycles. The molecule has 0 bridgehead atoms. The van der Waals surface area contributed by atoms with Crippen LogP contribution in [-0.4, -0.2) is 46.1 Å². The van der Waals surface area contributed by atoms with Crippen molar-refractivity contribution in [2.75, 3.05) is 7.11 Å². The van der Waals surface area contributed by atoms with Crippen molar-refractivity contribution in [2.24, 2.45) is 17.8 Å². The first kappa shape index (κ1) is 25.2. The molecular formula is C31H31ClN4O4. The standard InChI is InChI=1S/C31H31ClN4O4/c1-14(2)26(35-31(38)39-4)30(37)36-24(11-20-15(3)28(20)36)29-33-23-8-5-16-10-22-19-7-6-18(32)9-17(19)13-40-25(22)12-21(16)27(23)34-29/h5-10,12,14-15,20,24,26,28H,11,13H2,1-4H3,(H,33,34)(H,35,38)/t15-,20+,24+,26+,28?/m1/s1. The normalized spacial score (nSPS) is 23.4. The Morgan fingerprint density at radius 3 is 2.77 bits per heavy atom. The number of imidazole rings is 1. The highest BCUT2D eigenvalue weighted by atomic mass is 35.5. The van der Waals surface area contributed by atoms with Gasteiger partial charge < -0.3 is 24.7 Å². The van der Waals surface area contributed by atoms with Gasteiger partial charge in [0.05, 0.1) is 24.2 Å². The summed E-state index contributed by atoms with van der Waals surface area (Å²) < 4.78 is 10.9. The lowest BCUT2D eigenvalue weighted by Gasteiger charge is -2.32. The number of nitrogens with one attached hydrogen (secondary N) is 2. The van der Waals surface area contributed by atoms with E-state index in [0.29, 0.717) is 23.5 Å². The summed E-state index contributed by atoms with van der Waals surface area (Å²) in [7, 11) is 1.31. The second-order valence-corrected chi connectivity index (χ2v) is 12.0. The molecule has 3 aliphatic rings. The second-order valence-electron chi connectivity index (χ2n) is 11.6. The van der Waals surface area contributed by atoms with Crippen molar-refractivity contribution in [2.45, 2.75) is 51.9 Å². The Morgan fingerprint density at radius 1 is 1.18 bits per heavy atom. The number of methoxy groups -OCH3 is 1. The summed E-state index contributed by atoms with van der Waals surface area (Å²) in [5.41, 5.74) is 5.02. The van der Waals surface area contributed by atoms with Crippen molar-refractivity contribution in [3.63, 3.8) is 0 Å². The van der Waals surface area contributed by atoms with Crippen molar-refractivity contribution < 1.29 is 19.1 Å². The SMILES string of the molecule is COC(=O)N[C@H](C(=O)N1C2[C@@H](C[C@H]1c1nc3c(ccc4cc5c(cc43)OCc3cc(Cl)ccc3-5)[nH]1)[C@H]2C)C(C)C. The third-order valence-corrected chi connectivity index (χ3v) is 9.19. The summed E-state index contributed by atoms with van der Waals surface area (Å²) in [6.45, 7) is 6.51. The van der Waals surface area contributed by atoms with Crippen LogP contribution in [0.1, 0.15) is 44.6 Å². The molecule has 7 rings (SSSR count). The molecule has 0 spiro atoms. The average molecular weight is 559 g/mol. The Hall–Kier alpha value is -3.78. The maximum atomic E-state index is 13.9. The predicted molar refractivity (Wildman–Crippen MR) is 153 cm³/mol. The van der Waals surface area contributed by atoms with Crippen molar-refractivity contribution in [1.29, 1.82) is 0 Å². The summed E-state index contributed by atoms with van der Waals surface area (Å²) in [4.78, 5) is 36.5. The average Bonchev–Trinajstić information content (AvgIpc) is 3.28. The Bertz CT molecular complexity index is 1700. The number of alkyl carbamates (subject to hydrolysis) is 1. The maximum Gasteiger partial charge on any atom is 0.407 e. The number of H-pyrrole nitrogens is 1. The van der Waals surface area contributed by atoms with Crippen LogP contribution in [0.2, 0.25) is 5.02 Å². The van der Waals surface area contributed by atoms with E-state index in [1.807, 2.05) is 43.0 Å². The van der Waals surface area contributed by atoms with Crippen LogP contribution in [0.3, 0.4) is 0 Å². The Labute approximate surface area is 237 Å². The molecule has 2 fully saturated rings. The predicted octanol–water partition coefficient (Wildman–Crippen LogP) is 6.22. The van der Waals surface area contributed by atoms with E-state index < -0.39 is 12.1 Å². The number of rotatable bonds is 4. The first-order valence-corrected chi connectivity index (χ1v) is 14.2. The summed E-state index contributed by atoms with van der Waals surface area (Å²) in [5.74, 6) is 2.27. The van der Waals surface area contributed by atoms with Crippen LogP contribution in [0, 0.1) is 17.8 Å². The van der Waals surface area contributed by atoms with E-state index in [1.165, 1.54) is 7.11 Å². The zero-order valence-corrected chi connectivity index (χ0v) is 23.6. The van der Waals surface area contributed by atoms with Gasteiger partial charge in [0.2, 0.25) is 5.91 Å². The monoisotopic (exact) mass is 558 g/mol. The first-order chi connectivity index (χ1) is 19.2. The summed E-state index contributed by atoms with van der Waals surface area (Å²) in [6, 6.07) is 13.6. The molecule has 0 radical (unpaired) electrons. The minimum absolute atomic E-state index is 0.0891. The van der Waals surface area contributed by atoms with Gasteiger partial charge in [-0.05, 0) is 71.0 Å². The fourth-order valence-corrected chi connectivity index (χ4v) is 6.95. The lowest BCUT2D eigenvalue weighted by atomic mass is 9.94. The lowest BCUT2D eigenvalue weighted by molar-refractivity contribution is -0.137. The van der Waals surface area contributed by atoms with Crippen molar-refractivity contribution in [1.82, 2.24) is 20.2 Å².